The van der Waals surface area contributed by atoms with Crippen molar-refractivity contribution in [2.24, 2.45) is 0 Å². The maximum absolute atomic E-state index is 11.6. The number of nitriles is 1. The summed E-state index contributed by atoms with van der Waals surface area (Å²) in [5, 5.41) is 8.12. The molecule has 0 saturated carbocycles. The average Bonchev–Trinajstić information content (AvgIpc) is 2.15. The zero-order chi connectivity index (χ0) is 13.3. The number of ketones is 1. The Hall–Kier alpha value is -1.62. The smallest absolute Gasteiger partial charge is 0.411 e. The van der Waals surface area contributed by atoms with Crippen molar-refractivity contribution >= 4 is 11.8 Å². The van der Waals surface area contributed by atoms with Crippen LogP contribution >= 0.6 is 0 Å². The fourth-order valence-corrected chi connectivity index (χ4v) is 0.754. The molecule has 0 aromatic rings. The van der Waals surface area contributed by atoms with Crippen molar-refractivity contribution in [1.29, 1.82) is 5.26 Å². The van der Waals surface area contributed by atoms with Crippen molar-refractivity contribution in [2.45, 2.75) is 19.0 Å². The van der Waals surface area contributed by atoms with Crippen molar-refractivity contribution in [1.82, 2.24) is 0 Å². The quantitative estimate of drug-likeness (QED) is 0.384. The average molecular weight is 253 g/mol. The number of alkyl halides is 3. The van der Waals surface area contributed by atoms with Crippen molar-refractivity contribution in [2.75, 3.05) is 19.8 Å². The van der Waals surface area contributed by atoms with Gasteiger partial charge in [-0.05, 0) is 0 Å². The molecule has 0 atom stereocenters. The highest BCUT2D eigenvalue weighted by Crippen LogP contribution is 2.14. The molecule has 0 aromatic carbocycles. The van der Waals surface area contributed by atoms with Gasteiger partial charge in [0.25, 0.3) is 0 Å². The Balaban J connectivity index is 3.65. The van der Waals surface area contributed by atoms with Gasteiger partial charge in [0.2, 0.25) is 0 Å². The Morgan fingerprint density at radius 1 is 1.29 bits per heavy atom. The highest BCUT2D eigenvalue weighted by atomic mass is 19.4. The number of Topliss-reactive ketones (excluding diaryl/α,β-unsaturated/α-hetero) is 1. The fraction of sp³-hybridized carbons (Fsp3) is 0.667. The predicted octanol–water partition coefficient (Wildman–Crippen LogP) is 0.981. The molecule has 0 aliphatic rings. The molecule has 0 fully saturated rings. The van der Waals surface area contributed by atoms with Crippen LogP contribution in [0, 0.1) is 11.3 Å². The van der Waals surface area contributed by atoms with Crippen LogP contribution in [-0.4, -0.2) is 37.7 Å². The first-order valence-corrected chi connectivity index (χ1v) is 4.54. The number of halogens is 3. The molecule has 0 spiro atoms. The molecule has 17 heavy (non-hydrogen) atoms. The highest BCUT2D eigenvalue weighted by Gasteiger charge is 2.27. The summed E-state index contributed by atoms with van der Waals surface area (Å²) < 4.78 is 43.3. The van der Waals surface area contributed by atoms with E-state index in [0.717, 1.165) is 0 Å². The summed E-state index contributed by atoms with van der Waals surface area (Å²) in [4.78, 5) is 21.8. The van der Waals surface area contributed by atoms with Gasteiger partial charge in [-0.3, -0.25) is 9.59 Å². The molecular weight excluding hydrogens is 243 g/mol. The van der Waals surface area contributed by atoms with Crippen LogP contribution < -0.4 is 0 Å². The molecule has 96 valence electrons. The SMILES string of the molecule is N#CCCOC(=O)CC(=O)COCC(F)(F)F. The molecule has 0 aliphatic carbocycles. The molecule has 0 saturated heterocycles. The first-order chi connectivity index (χ1) is 7.85. The standard InChI is InChI=1S/C9H10F3NO4/c10-9(11,12)6-16-5-7(14)4-8(15)17-3-1-2-13/h1,3-6H2. The van der Waals surface area contributed by atoms with Crippen LogP contribution in [0.15, 0.2) is 0 Å². The number of carbonyl (C=O) groups is 2. The molecule has 0 unspecified atom stereocenters. The second-order valence-electron chi connectivity index (χ2n) is 2.95. The summed E-state index contributed by atoms with van der Waals surface area (Å²) in [5.41, 5.74) is 0. The Bertz CT molecular complexity index is 308. The highest BCUT2D eigenvalue weighted by molar-refractivity contribution is 5.96. The molecule has 8 heteroatoms. The largest absolute Gasteiger partial charge is 0.464 e. The van der Waals surface area contributed by atoms with Gasteiger partial charge in [-0.2, -0.15) is 18.4 Å². The van der Waals surface area contributed by atoms with Gasteiger partial charge in [0, 0.05) is 0 Å². The summed E-state index contributed by atoms with van der Waals surface area (Å²) in [6, 6.07) is 1.72. The summed E-state index contributed by atoms with van der Waals surface area (Å²) in [7, 11) is 0. The molecule has 0 radical (unpaired) electrons. The lowest BCUT2D eigenvalue weighted by atomic mass is 10.3. The third-order valence-electron chi connectivity index (χ3n) is 1.35. The fourth-order valence-electron chi connectivity index (χ4n) is 0.754. The van der Waals surface area contributed by atoms with Crippen molar-refractivity contribution < 1.29 is 32.2 Å². The van der Waals surface area contributed by atoms with Gasteiger partial charge in [0.05, 0.1) is 12.5 Å². The zero-order valence-electron chi connectivity index (χ0n) is 8.75. The maximum Gasteiger partial charge on any atom is 0.411 e. The molecule has 0 amide bonds. The third-order valence-corrected chi connectivity index (χ3v) is 1.35. The van der Waals surface area contributed by atoms with Crippen molar-refractivity contribution in [3.05, 3.63) is 0 Å². The van der Waals surface area contributed by atoms with Gasteiger partial charge in [0.1, 0.15) is 26.2 Å². The molecule has 0 rings (SSSR count). The first kappa shape index (κ1) is 15.4. The lowest BCUT2D eigenvalue weighted by molar-refractivity contribution is -0.175. The van der Waals surface area contributed by atoms with E-state index in [0.29, 0.717) is 0 Å². The predicted molar refractivity (Wildman–Crippen MR) is 47.7 cm³/mol. The molecule has 0 bridgehead atoms. The summed E-state index contributed by atoms with van der Waals surface area (Å²) in [6.07, 6.45) is -5.18. The van der Waals surface area contributed by atoms with E-state index in [9.17, 15) is 22.8 Å². The van der Waals surface area contributed by atoms with E-state index in [1.807, 2.05) is 0 Å². The minimum atomic E-state index is -4.51. The monoisotopic (exact) mass is 253 g/mol. The first-order valence-electron chi connectivity index (χ1n) is 4.54. The summed E-state index contributed by atoms with van der Waals surface area (Å²) in [5.74, 6) is -1.70. The second-order valence-corrected chi connectivity index (χ2v) is 2.95. The summed E-state index contributed by atoms with van der Waals surface area (Å²) in [6.45, 7) is -2.49. The van der Waals surface area contributed by atoms with Crippen LogP contribution in [-0.2, 0) is 19.1 Å². The van der Waals surface area contributed by atoms with Gasteiger partial charge in [-0.25, -0.2) is 0 Å². The van der Waals surface area contributed by atoms with Gasteiger partial charge >= 0.3 is 12.1 Å². The van der Waals surface area contributed by atoms with E-state index in [2.05, 4.69) is 9.47 Å². The van der Waals surface area contributed by atoms with Crippen molar-refractivity contribution in [3.63, 3.8) is 0 Å². The number of hydrogen-bond acceptors (Lipinski definition) is 5. The third kappa shape index (κ3) is 10.7. The van der Waals surface area contributed by atoms with Crippen LogP contribution in [0.1, 0.15) is 12.8 Å². The minimum absolute atomic E-state index is 0.00942. The second kappa shape index (κ2) is 7.62. The number of hydrogen-bond donors (Lipinski definition) is 0. The van der Waals surface area contributed by atoms with E-state index in [4.69, 9.17) is 5.26 Å². The van der Waals surface area contributed by atoms with Crippen LogP contribution in [0.2, 0.25) is 0 Å². The number of nitrogens with zero attached hydrogens (tertiary/aromatic N) is 1. The Labute approximate surface area is 95.1 Å². The molecular formula is C9H10F3NO4. The Kier molecular flexibility index (Phi) is 6.89. The topological polar surface area (TPSA) is 76.4 Å². The van der Waals surface area contributed by atoms with Crippen LogP contribution in [0.4, 0.5) is 13.2 Å². The molecule has 5 nitrogen and oxygen atoms in total. The van der Waals surface area contributed by atoms with E-state index < -0.39 is 37.6 Å². The lowest BCUT2D eigenvalue weighted by Gasteiger charge is -2.06. The van der Waals surface area contributed by atoms with Gasteiger partial charge in [-0.1, -0.05) is 0 Å². The molecule has 0 heterocycles. The van der Waals surface area contributed by atoms with Crippen LogP contribution in [0.3, 0.4) is 0 Å². The van der Waals surface area contributed by atoms with Gasteiger partial charge in [0.15, 0.2) is 5.78 Å². The number of esters is 1. The van der Waals surface area contributed by atoms with Crippen LogP contribution in [0.5, 0.6) is 0 Å². The van der Waals surface area contributed by atoms with Gasteiger partial charge < -0.3 is 9.47 Å². The van der Waals surface area contributed by atoms with E-state index in [-0.39, 0.29) is 13.0 Å². The Morgan fingerprint density at radius 3 is 2.47 bits per heavy atom. The number of carbonyl (C=O) groups excluding carboxylic acids is 2. The number of ether oxygens (including phenoxy) is 2. The van der Waals surface area contributed by atoms with Crippen LogP contribution in [0.25, 0.3) is 0 Å². The normalized spacial score (nSPS) is 10.7. The van der Waals surface area contributed by atoms with E-state index in [1.54, 1.807) is 6.07 Å². The molecule has 0 aliphatic heterocycles. The maximum atomic E-state index is 11.6. The van der Waals surface area contributed by atoms with E-state index >= 15 is 0 Å². The summed E-state index contributed by atoms with van der Waals surface area (Å²) >= 11 is 0. The Morgan fingerprint density at radius 2 is 1.94 bits per heavy atom. The van der Waals surface area contributed by atoms with E-state index in [1.165, 1.54) is 0 Å². The van der Waals surface area contributed by atoms with Crippen molar-refractivity contribution in [3.8, 4) is 6.07 Å². The molecule has 0 aromatic heterocycles. The zero-order valence-corrected chi connectivity index (χ0v) is 8.75. The number of rotatable bonds is 7. The van der Waals surface area contributed by atoms with Gasteiger partial charge in [-0.15, -0.1) is 0 Å². The lowest BCUT2D eigenvalue weighted by Crippen LogP contribution is -2.22. The molecule has 0 N–H and O–H groups in total. The minimum Gasteiger partial charge on any atom is -0.464 e.